The number of nitrogens with two attached hydrogens (primary N) is 1. The summed E-state index contributed by atoms with van der Waals surface area (Å²) < 4.78 is 101. The molecule has 0 bridgehead atoms. The van der Waals surface area contributed by atoms with E-state index in [1.807, 2.05) is 18.7 Å². The van der Waals surface area contributed by atoms with Crippen molar-refractivity contribution in [2.75, 3.05) is 29.4 Å². The highest BCUT2D eigenvalue weighted by Crippen LogP contribution is 2.42. The van der Waals surface area contributed by atoms with Crippen molar-refractivity contribution in [3.05, 3.63) is 111 Å². The summed E-state index contributed by atoms with van der Waals surface area (Å²) in [5, 5.41) is 3.77. The van der Waals surface area contributed by atoms with E-state index >= 15 is 0 Å². The highest BCUT2D eigenvalue weighted by atomic mass is 35.5. The fourth-order valence-corrected chi connectivity index (χ4v) is 9.79. The summed E-state index contributed by atoms with van der Waals surface area (Å²) in [5.41, 5.74) is 6.69. The van der Waals surface area contributed by atoms with Crippen molar-refractivity contribution in [2.45, 2.75) is 76.1 Å². The Balaban J connectivity index is 1.36. The molecule has 0 spiro atoms. The molecule has 316 valence electrons. The quantitative estimate of drug-likeness (QED) is 0.124. The summed E-state index contributed by atoms with van der Waals surface area (Å²) in [6.45, 7) is 3.67. The van der Waals surface area contributed by atoms with Gasteiger partial charge in [0.25, 0.3) is 12.0 Å². The number of nitrogens with zero attached hydrogens (tertiary/aromatic N) is 7. The molecule has 2 aliphatic rings. The molecular weight excluding hydrogens is 828 g/mol. The predicted octanol–water partition coefficient (Wildman–Crippen LogP) is 6.69. The van der Waals surface area contributed by atoms with Gasteiger partial charge < -0.3 is 20.1 Å². The minimum absolute atomic E-state index is 0.0181. The van der Waals surface area contributed by atoms with E-state index in [1.54, 1.807) is 36.4 Å². The average molecular weight is 869 g/mol. The van der Waals surface area contributed by atoms with E-state index in [2.05, 4.69) is 5.10 Å². The average Bonchev–Trinajstić information content (AvgIpc) is 3.99. The molecule has 13 nitrogen and oxygen atoms in total. The molecule has 8 rings (SSSR count). The Morgan fingerprint density at radius 1 is 0.967 bits per heavy atom. The van der Waals surface area contributed by atoms with Crippen LogP contribution < -0.4 is 25.2 Å². The largest absolute Gasteiger partial charge is 0.497 e. The second kappa shape index (κ2) is 16.3. The molecule has 0 amide bonds. The van der Waals surface area contributed by atoms with E-state index < -0.39 is 51.5 Å². The van der Waals surface area contributed by atoms with E-state index in [0.717, 1.165) is 25.7 Å². The van der Waals surface area contributed by atoms with Gasteiger partial charge in [-0.05, 0) is 92.8 Å². The monoisotopic (exact) mass is 868 g/mol. The Kier molecular flexibility index (Phi) is 11.2. The Morgan fingerprint density at radius 2 is 1.65 bits per heavy atom. The Bertz CT molecular complexity index is 2740. The highest BCUT2D eigenvalue weighted by Gasteiger charge is 2.42. The summed E-state index contributed by atoms with van der Waals surface area (Å²) in [6.07, 6.45) is -2.62. The minimum atomic E-state index is -4.12. The first-order chi connectivity index (χ1) is 28.6. The number of alkyl halides is 2. The van der Waals surface area contributed by atoms with Crippen LogP contribution in [0, 0.1) is 11.6 Å². The maximum atomic E-state index is 14.9. The molecule has 3 aromatic carbocycles. The van der Waals surface area contributed by atoms with Crippen LogP contribution in [0.5, 0.6) is 5.75 Å². The van der Waals surface area contributed by atoms with Crippen molar-refractivity contribution >= 4 is 55.2 Å². The van der Waals surface area contributed by atoms with Gasteiger partial charge in [0.05, 0.1) is 64.2 Å². The van der Waals surface area contributed by atoms with Gasteiger partial charge in [0.1, 0.15) is 35.6 Å². The number of aromatic nitrogens is 5. The van der Waals surface area contributed by atoms with Crippen LogP contribution in [0.3, 0.4) is 0 Å². The molecule has 2 fully saturated rings. The summed E-state index contributed by atoms with van der Waals surface area (Å²) in [6, 6.07) is 14.4. The standard InChI is InChI=1S/C41H41ClF4N8O5S/c1-22-18-51(19-23(2)59-22)35-13-10-30-38(48-35)49-39(32(47)16-25-14-26(43)17-27(44)15-25)54(41(30)55)33-12-11-31(42)36-37(33)52(21-34(45)46)50-40(36)53(60(56,57)29-8-9-29)20-24-4-6-28(58-3)7-5-24/h4-7,10-15,17,22-23,29,32,34H,8-9,16,18-21,47H2,1-3H3/t22-,23+,32?. The van der Waals surface area contributed by atoms with Gasteiger partial charge in [-0.3, -0.25) is 14.0 Å². The van der Waals surface area contributed by atoms with Crippen LogP contribution in [-0.4, -0.2) is 76.8 Å². The van der Waals surface area contributed by atoms with E-state index in [4.69, 9.17) is 36.8 Å². The minimum Gasteiger partial charge on any atom is -0.497 e. The molecule has 6 aromatic rings. The lowest BCUT2D eigenvalue weighted by Crippen LogP contribution is -2.45. The first-order valence-electron chi connectivity index (χ1n) is 19.3. The first-order valence-corrected chi connectivity index (χ1v) is 21.2. The van der Waals surface area contributed by atoms with Gasteiger partial charge in [0.15, 0.2) is 11.5 Å². The first kappa shape index (κ1) is 41.4. The molecule has 19 heteroatoms. The van der Waals surface area contributed by atoms with Gasteiger partial charge >= 0.3 is 0 Å². The zero-order valence-electron chi connectivity index (χ0n) is 32.7. The van der Waals surface area contributed by atoms with E-state index in [9.17, 15) is 30.8 Å². The third kappa shape index (κ3) is 8.12. The summed E-state index contributed by atoms with van der Waals surface area (Å²) in [5.74, 6) is -0.973. The number of rotatable bonds is 13. The third-order valence-electron chi connectivity index (χ3n) is 10.5. The lowest BCUT2D eigenvalue weighted by Gasteiger charge is -2.36. The normalized spacial score (nSPS) is 17.8. The third-order valence-corrected chi connectivity index (χ3v) is 13.1. The maximum Gasteiger partial charge on any atom is 0.267 e. The van der Waals surface area contributed by atoms with Crippen LogP contribution in [-0.2, 0) is 34.3 Å². The van der Waals surface area contributed by atoms with Crippen molar-refractivity contribution in [1.82, 2.24) is 24.3 Å². The molecule has 60 heavy (non-hydrogen) atoms. The predicted molar refractivity (Wildman–Crippen MR) is 220 cm³/mol. The number of methoxy groups -OCH3 is 1. The Hall–Kier alpha value is -5.30. The number of fused-ring (bicyclic) bond motifs is 2. The smallest absolute Gasteiger partial charge is 0.267 e. The number of halogens is 5. The number of hydrogen-bond acceptors (Lipinski definition) is 10. The zero-order chi connectivity index (χ0) is 42.6. The topological polar surface area (TPSA) is 151 Å². The number of pyridine rings is 1. The fourth-order valence-electron chi connectivity index (χ4n) is 7.76. The molecule has 1 aliphatic heterocycles. The second-order valence-corrected chi connectivity index (χ2v) is 17.7. The van der Waals surface area contributed by atoms with E-state index in [0.29, 0.717) is 49.1 Å². The van der Waals surface area contributed by atoms with E-state index in [-0.39, 0.29) is 75.0 Å². The summed E-state index contributed by atoms with van der Waals surface area (Å²) >= 11 is 6.89. The van der Waals surface area contributed by atoms with Gasteiger partial charge in [0, 0.05) is 19.2 Å². The van der Waals surface area contributed by atoms with Crippen molar-refractivity contribution in [1.29, 1.82) is 0 Å². The molecule has 3 atom stereocenters. The molecule has 4 heterocycles. The van der Waals surface area contributed by atoms with Crippen molar-refractivity contribution in [2.24, 2.45) is 5.73 Å². The van der Waals surface area contributed by atoms with Gasteiger partial charge in [0.2, 0.25) is 10.0 Å². The maximum absolute atomic E-state index is 14.9. The van der Waals surface area contributed by atoms with Gasteiger partial charge in [-0.2, -0.15) is 5.10 Å². The Labute approximate surface area is 347 Å². The molecule has 3 aromatic heterocycles. The fraction of sp³-hybridized carbons (Fsp3) is 0.366. The second-order valence-electron chi connectivity index (χ2n) is 15.2. The zero-order valence-corrected chi connectivity index (χ0v) is 34.3. The van der Waals surface area contributed by atoms with E-state index in [1.165, 1.54) is 19.2 Å². The molecule has 1 aliphatic carbocycles. The molecule has 1 saturated heterocycles. The van der Waals surface area contributed by atoms with Crippen LogP contribution >= 0.6 is 11.6 Å². The molecular formula is C41H41ClF4N8O5S. The van der Waals surface area contributed by atoms with Crippen molar-refractivity contribution in [3.8, 4) is 11.4 Å². The summed E-state index contributed by atoms with van der Waals surface area (Å²) in [4.78, 5) is 26.5. The molecule has 2 N–H and O–H groups in total. The van der Waals surface area contributed by atoms with Crippen molar-refractivity contribution in [3.63, 3.8) is 0 Å². The molecule has 0 radical (unpaired) electrons. The molecule has 1 unspecified atom stereocenters. The summed E-state index contributed by atoms with van der Waals surface area (Å²) in [7, 11) is -2.62. The van der Waals surface area contributed by atoms with Gasteiger partial charge in [-0.15, -0.1) is 0 Å². The number of sulfonamides is 1. The van der Waals surface area contributed by atoms with Crippen LogP contribution in [0.1, 0.15) is 49.7 Å². The number of hydrogen-bond donors (Lipinski definition) is 1. The lowest BCUT2D eigenvalue weighted by molar-refractivity contribution is -0.00544. The number of benzene rings is 3. The highest BCUT2D eigenvalue weighted by molar-refractivity contribution is 7.93. The number of morpholine rings is 1. The van der Waals surface area contributed by atoms with Crippen LogP contribution in [0.15, 0.2) is 71.5 Å². The Morgan fingerprint density at radius 3 is 2.28 bits per heavy atom. The van der Waals surface area contributed by atoms with Crippen LogP contribution in [0.4, 0.5) is 29.2 Å². The number of anilines is 2. The van der Waals surface area contributed by atoms with Crippen molar-refractivity contribution < 1.29 is 35.5 Å². The lowest BCUT2D eigenvalue weighted by atomic mass is 10.0. The van der Waals surface area contributed by atoms with Crippen LogP contribution in [0.25, 0.3) is 27.6 Å². The van der Waals surface area contributed by atoms with Gasteiger partial charge in [-0.1, -0.05) is 23.7 Å². The van der Waals surface area contributed by atoms with Gasteiger partial charge in [-0.25, -0.2) is 40.3 Å². The van der Waals surface area contributed by atoms with Crippen LogP contribution in [0.2, 0.25) is 5.02 Å². The number of ether oxygens (including phenoxy) is 2. The SMILES string of the molecule is COc1ccc(CN(c2nn(CC(F)F)c3c(-n4c(C(N)Cc5cc(F)cc(F)c5)nc5nc(N6C[C@@H](C)O[C@@H](C)C6)ccc5c4=O)ccc(Cl)c23)S(=O)(=O)C2CC2)cc1. The molecule has 1 saturated carbocycles.